The normalized spacial score (nSPS) is 12.9. The maximum Gasteiger partial charge on any atom is 0.227 e. The number of aromatic nitrogens is 2. The molecule has 0 radical (unpaired) electrons. The van der Waals surface area contributed by atoms with E-state index in [0.29, 0.717) is 31.5 Å². The summed E-state index contributed by atoms with van der Waals surface area (Å²) >= 11 is 0. The largest absolute Gasteiger partial charge is 0.486 e. The number of nitrogens with one attached hydrogen (secondary N) is 1. The molecule has 7 nitrogen and oxygen atoms in total. The van der Waals surface area contributed by atoms with Crippen molar-refractivity contribution in [2.75, 3.05) is 19.8 Å². The summed E-state index contributed by atoms with van der Waals surface area (Å²) in [6.07, 6.45) is 2.99. The average Bonchev–Trinajstić information content (AvgIpc) is 2.99. The summed E-state index contributed by atoms with van der Waals surface area (Å²) in [5.74, 6) is 2.44. The van der Waals surface area contributed by atoms with Gasteiger partial charge in [-0.25, -0.2) is 0 Å². The molecule has 1 aliphatic rings. The first kappa shape index (κ1) is 16.3. The quantitative estimate of drug-likeness (QED) is 0.779. The number of hydrogen-bond donors (Lipinski definition) is 1. The van der Waals surface area contributed by atoms with Crippen LogP contribution < -0.4 is 14.8 Å². The zero-order valence-corrected chi connectivity index (χ0v) is 13.7. The van der Waals surface area contributed by atoms with E-state index in [9.17, 15) is 4.79 Å². The first-order chi connectivity index (χ1) is 11.7. The van der Waals surface area contributed by atoms with Crippen molar-refractivity contribution in [2.24, 2.45) is 0 Å². The molecule has 3 rings (SSSR count). The van der Waals surface area contributed by atoms with Crippen LogP contribution in [-0.2, 0) is 17.6 Å². The molecular formula is C17H21N3O4. The highest BCUT2D eigenvalue weighted by Crippen LogP contribution is 2.31. The smallest absolute Gasteiger partial charge is 0.227 e. The molecule has 1 aromatic carbocycles. The van der Waals surface area contributed by atoms with E-state index in [0.717, 1.165) is 30.8 Å². The molecule has 1 N–H and O–H groups in total. The minimum Gasteiger partial charge on any atom is -0.486 e. The van der Waals surface area contributed by atoms with Gasteiger partial charge in [-0.2, -0.15) is 4.98 Å². The number of rotatable bonds is 7. The van der Waals surface area contributed by atoms with E-state index >= 15 is 0 Å². The Morgan fingerprint density at radius 3 is 2.83 bits per heavy atom. The molecule has 0 bridgehead atoms. The molecule has 1 amide bonds. The zero-order valence-electron chi connectivity index (χ0n) is 13.7. The van der Waals surface area contributed by atoms with E-state index in [4.69, 9.17) is 14.0 Å². The van der Waals surface area contributed by atoms with Crippen LogP contribution in [0.5, 0.6) is 11.5 Å². The Labute approximate surface area is 140 Å². The highest BCUT2D eigenvalue weighted by Gasteiger charge is 2.11. The van der Waals surface area contributed by atoms with Gasteiger partial charge in [0, 0.05) is 13.5 Å². The average molecular weight is 331 g/mol. The van der Waals surface area contributed by atoms with Crippen molar-refractivity contribution in [2.45, 2.75) is 32.6 Å². The van der Waals surface area contributed by atoms with Gasteiger partial charge in [0.2, 0.25) is 11.8 Å². The highest BCUT2D eigenvalue weighted by molar-refractivity contribution is 5.77. The highest BCUT2D eigenvalue weighted by atomic mass is 16.6. The molecule has 0 unspecified atom stereocenters. The van der Waals surface area contributed by atoms with Crippen LogP contribution in [0.1, 0.15) is 30.1 Å². The van der Waals surface area contributed by atoms with Crippen LogP contribution >= 0.6 is 0 Å². The summed E-state index contributed by atoms with van der Waals surface area (Å²) in [4.78, 5) is 15.8. The fourth-order valence-corrected chi connectivity index (χ4v) is 2.54. The number of carbonyl (C=O) groups is 1. The predicted molar refractivity (Wildman–Crippen MR) is 86.1 cm³/mol. The van der Waals surface area contributed by atoms with Crippen LogP contribution in [0.15, 0.2) is 22.7 Å². The van der Waals surface area contributed by atoms with Crippen molar-refractivity contribution in [3.8, 4) is 11.5 Å². The van der Waals surface area contributed by atoms with Gasteiger partial charge in [-0.05, 0) is 37.0 Å². The Bertz CT molecular complexity index is 699. The number of aryl methyl sites for hydroxylation is 2. The molecule has 24 heavy (non-hydrogen) atoms. The summed E-state index contributed by atoms with van der Waals surface area (Å²) in [7, 11) is 0. The Morgan fingerprint density at radius 1 is 1.21 bits per heavy atom. The summed E-state index contributed by atoms with van der Waals surface area (Å²) in [5.41, 5.74) is 1.22. The van der Waals surface area contributed by atoms with Gasteiger partial charge in [0.25, 0.3) is 0 Å². The second kappa shape index (κ2) is 7.81. The van der Waals surface area contributed by atoms with Crippen LogP contribution in [0.3, 0.4) is 0 Å². The van der Waals surface area contributed by atoms with Gasteiger partial charge in [0.15, 0.2) is 17.3 Å². The molecule has 0 spiro atoms. The Morgan fingerprint density at radius 2 is 2.04 bits per heavy atom. The lowest BCUT2D eigenvalue weighted by atomic mass is 10.1. The fraction of sp³-hybridized carbons (Fsp3) is 0.471. The van der Waals surface area contributed by atoms with Gasteiger partial charge in [-0.1, -0.05) is 11.2 Å². The van der Waals surface area contributed by atoms with Crippen LogP contribution in [-0.4, -0.2) is 35.8 Å². The number of amides is 1. The van der Waals surface area contributed by atoms with Gasteiger partial charge >= 0.3 is 0 Å². The summed E-state index contributed by atoms with van der Waals surface area (Å²) in [6, 6.07) is 6.05. The van der Waals surface area contributed by atoms with Crippen molar-refractivity contribution < 1.29 is 18.8 Å². The minimum atomic E-state index is -0.0878. The van der Waals surface area contributed by atoms with Gasteiger partial charge < -0.3 is 19.3 Å². The number of fused-ring (bicyclic) bond motifs is 1. The molecule has 1 aliphatic heterocycles. The van der Waals surface area contributed by atoms with E-state index in [1.807, 2.05) is 12.1 Å². The first-order valence-corrected chi connectivity index (χ1v) is 8.15. The number of unbranched alkanes of at least 4 members (excludes halogenated alkanes) is 1. The molecule has 7 heteroatoms. The number of nitrogens with zero attached hydrogens (tertiary/aromatic N) is 2. The van der Waals surface area contributed by atoms with Crippen LogP contribution in [0.2, 0.25) is 0 Å². The van der Waals surface area contributed by atoms with E-state index in [-0.39, 0.29) is 12.3 Å². The van der Waals surface area contributed by atoms with Crippen molar-refractivity contribution in [1.82, 2.24) is 15.5 Å². The third kappa shape index (κ3) is 4.47. The van der Waals surface area contributed by atoms with Crippen molar-refractivity contribution in [1.29, 1.82) is 0 Å². The lowest BCUT2D eigenvalue weighted by molar-refractivity contribution is -0.120. The molecule has 0 atom stereocenters. The maximum atomic E-state index is 11.8. The Kier molecular flexibility index (Phi) is 5.30. The SMILES string of the molecule is Cc1nc(CC(=O)NCCCCc2ccc3c(c2)OCCO3)no1. The van der Waals surface area contributed by atoms with Crippen LogP contribution in [0.4, 0.5) is 0 Å². The fourth-order valence-electron chi connectivity index (χ4n) is 2.54. The summed E-state index contributed by atoms with van der Waals surface area (Å²) < 4.78 is 15.9. The summed E-state index contributed by atoms with van der Waals surface area (Å²) in [6.45, 7) is 3.55. The number of ether oxygens (including phenoxy) is 2. The molecule has 1 aromatic heterocycles. The van der Waals surface area contributed by atoms with Crippen LogP contribution in [0.25, 0.3) is 0 Å². The van der Waals surface area contributed by atoms with Crippen LogP contribution in [0, 0.1) is 6.92 Å². The van der Waals surface area contributed by atoms with Gasteiger partial charge in [-0.3, -0.25) is 4.79 Å². The standard InChI is InChI=1S/C17H21N3O4/c1-12-19-16(20-24-12)11-17(21)18-7-3-2-4-13-5-6-14-15(10-13)23-9-8-22-14/h5-6,10H,2-4,7-9,11H2,1H3,(H,18,21). The van der Waals surface area contributed by atoms with E-state index in [2.05, 4.69) is 21.5 Å². The second-order valence-corrected chi connectivity index (χ2v) is 5.69. The van der Waals surface area contributed by atoms with Crippen molar-refractivity contribution in [3.63, 3.8) is 0 Å². The number of carbonyl (C=O) groups excluding carboxylic acids is 1. The van der Waals surface area contributed by atoms with Gasteiger partial charge in [0.05, 0.1) is 6.42 Å². The number of hydrogen-bond acceptors (Lipinski definition) is 6. The first-order valence-electron chi connectivity index (χ1n) is 8.15. The minimum absolute atomic E-state index is 0.0878. The zero-order chi connectivity index (χ0) is 16.8. The molecule has 0 saturated heterocycles. The van der Waals surface area contributed by atoms with Gasteiger partial charge in [-0.15, -0.1) is 0 Å². The molecule has 0 aliphatic carbocycles. The Balaban J connectivity index is 1.34. The lowest BCUT2D eigenvalue weighted by Gasteiger charge is -2.18. The second-order valence-electron chi connectivity index (χ2n) is 5.69. The number of benzene rings is 1. The van der Waals surface area contributed by atoms with E-state index in [1.165, 1.54) is 5.56 Å². The lowest BCUT2D eigenvalue weighted by Crippen LogP contribution is -2.26. The van der Waals surface area contributed by atoms with Crippen molar-refractivity contribution in [3.05, 3.63) is 35.5 Å². The molecule has 0 fully saturated rings. The molecule has 0 saturated carbocycles. The molecule has 2 heterocycles. The van der Waals surface area contributed by atoms with E-state index < -0.39 is 0 Å². The topological polar surface area (TPSA) is 86.5 Å². The molecule has 2 aromatic rings. The monoisotopic (exact) mass is 331 g/mol. The molecular weight excluding hydrogens is 310 g/mol. The van der Waals surface area contributed by atoms with Gasteiger partial charge in [0.1, 0.15) is 13.2 Å². The third-order valence-electron chi connectivity index (χ3n) is 3.71. The Hall–Kier alpha value is -2.57. The van der Waals surface area contributed by atoms with E-state index in [1.54, 1.807) is 6.92 Å². The predicted octanol–water partition coefficient (Wildman–Crippen LogP) is 1.83. The maximum absolute atomic E-state index is 11.8. The summed E-state index contributed by atoms with van der Waals surface area (Å²) in [5, 5.41) is 6.58. The third-order valence-corrected chi connectivity index (χ3v) is 3.71. The molecule has 128 valence electrons. The van der Waals surface area contributed by atoms with Crippen molar-refractivity contribution >= 4 is 5.91 Å².